The van der Waals surface area contributed by atoms with Crippen molar-refractivity contribution in [3.63, 3.8) is 0 Å². The summed E-state index contributed by atoms with van der Waals surface area (Å²) in [6, 6.07) is 83.3. The Morgan fingerprint density at radius 1 is 0.389 bits per heavy atom. The van der Waals surface area contributed by atoms with Gasteiger partial charge in [-0.15, -0.1) is 35.3 Å². The molecule has 1 aliphatic heterocycles. The van der Waals surface area contributed by atoms with Gasteiger partial charge in [0.1, 0.15) is 6.10 Å². The number of aliphatic hydroxyl groups is 3. The minimum absolute atomic E-state index is 0.184. The molecular formula is C82H124BrCl3N2O3S4. The summed E-state index contributed by atoms with van der Waals surface area (Å²) in [6.07, 6.45) is -0.516. The Balaban J connectivity index is -0.000000342. The van der Waals surface area contributed by atoms with Gasteiger partial charge in [0.25, 0.3) is 0 Å². The number of benzene rings is 8. The first-order chi connectivity index (χ1) is 46.6. The smallest absolute Gasteiger partial charge is 0.187 e. The van der Waals surface area contributed by atoms with E-state index in [1.807, 2.05) is 195 Å². The molecule has 8 aromatic rings. The molecule has 0 bridgehead atoms. The highest BCUT2D eigenvalue weighted by Gasteiger charge is 2.17. The number of hydrogen-bond acceptors (Lipinski definition) is 9. The molecule has 9 rings (SSSR count). The van der Waals surface area contributed by atoms with Crippen LogP contribution in [0.15, 0.2) is 243 Å². The molecule has 1 fully saturated rings. The Morgan fingerprint density at radius 3 is 0.789 bits per heavy atom. The van der Waals surface area contributed by atoms with Crippen molar-refractivity contribution < 1.29 is 15.3 Å². The molecule has 0 spiro atoms. The molecule has 1 saturated heterocycles. The van der Waals surface area contributed by atoms with Gasteiger partial charge in [0, 0.05) is 61.1 Å². The van der Waals surface area contributed by atoms with Crippen LogP contribution in [0.5, 0.6) is 0 Å². The van der Waals surface area contributed by atoms with Crippen LogP contribution in [0.25, 0.3) is 0 Å². The van der Waals surface area contributed by atoms with Crippen molar-refractivity contribution >= 4 is 98.6 Å². The second-order valence-corrected chi connectivity index (χ2v) is 25.4. The zero-order valence-electron chi connectivity index (χ0n) is 60.9. The van der Waals surface area contributed by atoms with Crippen LogP contribution in [0, 0.1) is 0 Å². The number of nitrogens with zero attached hydrogens (tertiary/aromatic N) is 1. The molecule has 1 heterocycles. The minimum Gasteiger partial charge on any atom is -0.396 e. The topological polar surface area (TPSA) is 76.0 Å². The van der Waals surface area contributed by atoms with Gasteiger partial charge < -0.3 is 20.6 Å². The zero-order valence-corrected chi connectivity index (χ0v) is 68.1. The predicted octanol–water partition coefficient (Wildman–Crippen LogP) is 25.1. The number of thioether (sulfide) groups is 3. The van der Waals surface area contributed by atoms with Gasteiger partial charge in [-0.25, -0.2) is 0 Å². The molecule has 0 aromatic heterocycles. The lowest BCUT2D eigenvalue weighted by Crippen LogP contribution is -2.44. The van der Waals surface area contributed by atoms with E-state index < -0.39 is 9.90 Å². The van der Waals surface area contributed by atoms with Gasteiger partial charge in [-0.3, -0.25) is 4.90 Å². The van der Waals surface area contributed by atoms with Gasteiger partial charge in [0.05, 0.1) is 29.0 Å². The molecule has 0 atom stereocenters. The maximum absolute atomic E-state index is 9.99. The van der Waals surface area contributed by atoms with Crippen LogP contribution < -0.4 is 5.32 Å². The highest BCUT2D eigenvalue weighted by molar-refractivity contribution is 9.09. The number of thiol groups is 1. The van der Waals surface area contributed by atoms with Crippen molar-refractivity contribution in [2.75, 3.05) is 74.3 Å². The fraction of sp³-hybridized carbons (Fsp3) is 0.415. The van der Waals surface area contributed by atoms with Gasteiger partial charge >= 0.3 is 0 Å². The highest BCUT2D eigenvalue weighted by atomic mass is 79.9. The van der Waals surface area contributed by atoms with Gasteiger partial charge in [0.15, 0.2) is 3.79 Å². The van der Waals surface area contributed by atoms with Gasteiger partial charge in [0.2, 0.25) is 0 Å². The van der Waals surface area contributed by atoms with Gasteiger partial charge in [-0.2, -0.15) is 12.6 Å². The van der Waals surface area contributed by atoms with Crippen LogP contribution in [0.1, 0.15) is 184 Å². The van der Waals surface area contributed by atoms with Gasteiger partial charge in [-0.05, 0) is 51.4 Å². The third-order valence-corrected chi connectivity index (χ3v) is 16.6. The van der Waals surface area contributed by atoms with Crippen molar-refractivity contribution in [2.45, 2.75) is 143 Å². The second-order valence-electron chi connectivity index (χ2n) is 17.7. The lowest BCUT2D eigenvalue weighted by molar-refractivity contribution is 0.220. The van der Waals surface area contributed by atoms with Crippen molar-refractivity contribution in [1.82, 2.24) is 10.2 Å². The number of alkyl halides is 4. The number of halogens is 4. The van der Waals surface area contributed by atoms with Crippen LogP contribution >= 0.6 is 98.6 Å². The van der Waals surface area contributed by atoms with E-state index in [1.165, 1.54) is 65.7 Å². The molecule has 0 amide bonds. The van der Waals surface area contributed by atoms with Crippen LogP contribution in [0.2, 0.25) is 0 Å². The van der Waals surface area contributed by atoms with E-state index in [1.54, 1.807) is 11.8 Å². The summed E-state index contributed by atoms with van der Waals surface area (Å²) in [4.78, 5) is 2.57. The number of aliphatic hydroxyl groups excluding tert-OH is 3. The van der Waals surface area contributed by atoms with Crippen molar-refractivity contribution in [3.8, 4) is 0 Å². The third-order valence-electron chi connectivity index (χ3n) is 11.6. The molecule has 13 heteroatoms. The summed E-state index contributed by atoms with van der Waals surface area (Å²) in [6.45, 7) is 39.7. The standard InChI is InChI=1S/C19H24N2S.C15H15BrS.C15H16OS.C13H12O.C2H3Cl3.C2H6OS.8C2H6/c1-3-7-17(8-4-1)19(18-9-5-2-6-10-18)22-16-15-21-13-11-20-12-14-21;2*16-11-12-17-15(13-7-3-1-4-8-13)14-9-5-2-6-10-14;14-13(11-7-3-1-4-8-11)12-9-5-2-6-10-12;1-2(3,4)5;3-1-2-4;8*1-2/h1-10,19-20H,11-16H2;1-10,15H,11-12H2;1-10,15-16H,11-12H2;1-10,13-14H;1H3;3-4H,1-2H2;8*1-2H3. The first-order valence-electron chi connectivity index (χ1n) is 34.4. The third kappa shape index (κ3) is 53.0. The monoisotopic (exact) mass is 1500 g/mol. The minimum atomic E-state index is -1.08. The lowest BCUT2D eigenvalue weighted by Gasteiger charge is -2.27. The summed E-state index contributed by atoms with van der Waals surface area (Å²) >= 11 is 28.2. The van der Waals surface area contributed by atoms with Crippen LogP contribution in [0.3, 0.4) is 0 Å². The summed E-state index contributed by atoms with van der Waals surface area (Å²) in [5, 5.41) is 32.4. The van der Waals surface area contributed by atoms with E-state index in [0.717, 1.165) is 41.1 Å². The van der Waals surface area contributed by atoms with Crippen molar-refractivity contribution in [3.05, 3.63) is 287 Å². The summed E-state index contributed by atoms with van der Waals surface area (Å²) in [7, 11) is 0. The molecule has 1 aliphatic rings. The Bertz CT molecular complexity index is 2410. The SMILES string of the molecule is BrCCSC(c1ccccc1)c1ccccc1.CC.CC.CC.CC.CC.CC.CC.CC.CC(Cl)(Cl)Cl.OC(c1ccccc1)c1ccccc1.OCCS.OCCSC(c1ccccc1)c1ccccc1.c1ccc(C(SCCN2CCNCC2)c2ccccc2)cc1. The predicted molar refractivity (Wildman–Crippen MR) is 446 cm³/mol. The van der Waals surface area contributed by atoms with E-state index in [-0.39, 0.29) is 13.2 Å². The zero-order chi connectivity index (χ0) is 72.6. The van der Waals surface area contributed by atoms with Crippen molar-refractivity contribution in [2.24, 2.45) is 0 Å². The maximum Gasteiger partial charge on any atom is 0.187 e. The van der Waals surface area contributed by atoms with E-state index in [4.69, 9.17) is 45.0 Å². The molecule has 0 saturated carbocycles. The average molecular weight is 1500 g/mol. The van der Waals surface area contributed by atoms with Crippen molar-refractivity contribution in [1.29, 1.82) is 0 Å². The Hall–Kier alpha value is -3.69. The largest absolute Gasteiger partial charge is 0.396 e. The molecule has 4 N–H and O–H groups in total. The first kappa shape index (κ1) is 100.0. The second kappa shape index (κ2) is 76.1. The van der Waals surface area contributed by atoms with Crippen LogP contribution in [-0.2, 0) is 0 Å². The Morgan fingerprint density at radius 2 is 0.589 bits per heavy atom. The van der Waals surface area contributed by atoms with E-state index >= 15 is 0 Å². The summed E-state index contributed by atoms with van der Waals surface area (Å²) in [5.41, 5.74) is 10.00. The normalized spacial score (nSPS) is 10.5. The van der Waals surface area contributed by atoms with Crippen LogP contribution in [-0.4, -0.2) is 98.3 Å². The number of rotatable bonds is 19. The van der Waals surface area contributed by atoms with E-state index in [9.17, 15) is 5.11 Å². The molecule has 0 aliphatic carbocycles. The summed E-state index contributed by atoms with van der Waals surface area (Å²) < 4.78 is -1.08. The average Bonchev–Trinajstić information content (AvgIpc) is 0.989. The molecule has 5 nitrogen and oxygen atoms in total. The quantitative estimate of drug-likeness (QED) is 0.0405. The molecule has 95 heavy (non-hydrogen) atoms. The fourth-order valence-electron chi connectivity index (χ4n) is 7.95. The molecular weight excluding hydrogens is 1380 g/mol. The lowest BCUT2D eigenvalue weighted by atomic mass is 10.0. The summed E-state index contributed by atoms with van der Waals surface area (Å²) in [5.74, 6) is 3.62. The van der Waals surface area contributed by atoms with E-state index in [2.05, 4.69) is 220 Å². The Labute approximate surface area is 623 Å². The molecule has 0 radical (unpaired) electrons. The molecule has 0 unspecified atom stereocenters. The number of nitrogens with one attached hydrogen (secondary N) is 1. The fourth-order valence-corrected chi connectivity index (χ4v) is 11.9. The highest BCUT2D eigenvalue weighted by Crippen LogP contribution is 2.37. The molecule has 532 valence electrons. The number of hydrogen-bond donors (Lipinski definition) is 5. The Kier molecular flexibility index (Phi) is 80.1. The molecule has 8 aromatic carbocycles. The van der Waals surface area contributed by atoms with E-state index in [0.29, 0.717) is 21.5 Å². The number of piperazine rings is 1. The van der Waals surface area contributed by atoms with Gasteiger partial charge in [-0.1, -0.05) is 404 Å². The maximum atomic E-state index is 9.99. The van der Waals surface area contributed by atoms with Crippen LogP contribution in [0.4, 0.5) is 0 Å². The first-order valence-corrected chi connectivity index (χ1v) is 40.4.